The monoisotopic (exact) mass is 426 g/mol. The van der Waals surface area contributed by atoms with E-state index in [2.05, 4.69) is 0 Å². The number of ether oxygens (including phenoxy) is 2. The van der Waals surface area contributed by atoms with Crippen LogP contribution in [0.1, 0.15) is 34.7 Å². The highest BCUT2D eigenvalue weighted by Gasteiger charge is 2.44. The van der Waals surface area contributed by atoms with Crippen LogP contribution in [0.5, 0.6) is 11.5 Å². The van der Waals surface area contributed by atoms with Gasteiger partial charge in [-0.2, -0.15) is 0 Å². The molecule has 2 atom stereocenters. The molecule has 164 valence electrons. The third kappa shape index (κ3) is 4.09. The minimum absolute atomic E-state index is 0.0214. The number of amides is 2. The second kappa shape index (κ2) is 8.96. The van der Waals surface area contributed by atoms with Crippen LogP contribution in [-0.4, -0.2) is 62.0 Å². The first-order chi connectivity index (χ1) is 15.0. The van der Waals surface area contributed by atoms with Gasteiger partial charge in [0.05, 0.1) is 25.7 Å². The number of nitrogens with zero attached hydrogens (tertiary/aromatic N) is 2. The van der Waals surface area contributed by atoms with Crippen LogP contribution in [0.25, 0.3) is 0 Å². The van der Waals surface area contributed by atoms with E-state index >= 15 is 0 Å². The SMILES string of the molecule is COc1ccc(OC)c([C@H]2CN(C(=O)c3ccccc3F)C[C@H]2C(=O)N2CCCC2)c1. The van der Waals surface area contributed by atoms with Gasteiger partial charge in [-0.25, -0.2) is 4.39 Å². The highest BCUT2D eigenvalue weighted by Crippen LogP contribution is 2.41. The molecule has 0 radical (unpaired) electrons. The van der Waals surface area contributed by atoms with Crippen LogP contribution in [0.3, 0.4) is 0 Å². The number of likely N-dealkylation sites (tertiary alicyclic amines) is 2. The number of methoxy groups -OCH3 is 2. The molecule has 0 aromatic heterocycles. The number of carbonyl (C=O) groups excluding carboxylic acids is 2. The molecule has 0 aliphatic carbocycles. The molecule has 2 fully saturated rings. The Hall–Kier alpha value is -3.09. The van der Waals surface area contributed by atoms with Gasteiger partial charge in [0.2, 0.25) is 5.91 Å². The molecule has 0 bridgehead atoms. The minimum Gasteiger partial charge on any atom is -0.497 e. The predicted molar refractivity (Wildman–Crippen MR) is 114 cm³/mol. The summed E-state index contributed by atoms with van der Waals surface area (Å²) < 4.78 is 25.2. The van der Waals surface area contributed by atoms with Crippen molar-refractivity contribution >= 4 is 11.8 Å². The van der Waals surface area contributed by atoms with Crippen LogP contribution in [0, 0.1) is 11.7 Å². The summed E-state index contributed by atoms with van der Waals surface area (Å²) in [7, 11) is 3.17. The molecule has 2 amide bonds. The molecular weight excluding hydrogens is 399 g/mol. The van der Waals surface area contributed by atoms with E-state index in [1.807, 2.05) is 17.0 Å². The summed E-state index contributed by atoms with van der Waals surface area (Å²) in [6.07, 6.45) is 1.98. The van der Waals surface area contributed by atoms with E-state index in [0.29, 0.717) is 18.0 Å². The maximum atomic E-state index is 14.3. The summed E-state index contributed by atoms with van der Waals surface area (Å²) in [4.78, 5) is 30.0. The number of hydrogen-bond acceptors (Lipinski definition) is 4. The number of carbonyl (C=O) groups is 2. The molecule has 6 nitrogen and oxygen atoms in total. The first-order valence-corrected chi connectivity index (χ1v) is 10.6. The fourth-order valence-electron chi connectivity index (χ4n) is 4.64. The average molecular weight is 426 g/mol. The van der Waals surface area contributed by atoms with E-state index in [9.17, 15) is 14.0 Å². The second-order valence-electron chi connectivity index (χ2n) is 8.04. The van der Waals surface area contributed by atoms with Gasteiger partial charge in [-0.05, 0) is 43.2 Å². The van der Waals surface area contributed by atoms with Gasteiger partial charge >= 0.3 is 0 Å². The van der Waals surface area contributed by atoms with E-state index in [4.69, 9.17) is 9.47 Å². The third-order valence-electron chi connectivity index (χ3n) is 6.28. The summed E-state index contributed by atoms with van der Waals surface area (Å²) in [5.74, 6) is -0.314. The largest absolute Gasteiger partial charge is 0.497 e. The molecular formula is C24H27FN2O4. The van der Waals surface area contributed by atoms with Gasteiger partial charge in [0.1, 0.15) is 17.3 Å². The molecule has 2 saturated heterocycles. The Labute approximate surface area is 181 Å². The van der Waals surface area contributed by atoms with Crippen molar-refractivity contribution in [2.45, 2.75) is 18.8 Å². The fourth-order valence-corrected chi connectivity index (χ4v) is 4.64. The van der Waals surface area contributed by atoms with Crippen LogP contribution >= 0.6 is 0 Å². The van der Waals surface area contributed by atoms with Crippen molar-refractivity contribution in [3.8, 4) is 11.5 Å². The predicted octanol–water partition coefficient (Wildman–Crippen LogP) is 3.32. The van der Waals surface area contributed by atoms with Crippen LogP contribution < -0.4 is 9.47 Å². The lowest BCUT2D eigenvalue weighted by Gasteiger charge is -2.25. The summed E-state index contributed by atoms with van der Waals surface area (Å²) in [6.45, 7) is 2.02. The molecule has 2 aromatic rings. The van der Waals surface area contributed by atoms with Crippen molar-refractivity contribution in [3.63, 3.8) is 0 Å². The minimum atomic E-state index is -0.558. The Morgan fingerprint density at radius 1 is 0.968 bits per heavy atom. The molecule has 0 spiro atoms. The van der Waals surface area contributed by atoms with Crippen LogP contribution in [-0.2, 0) is 4.79 Å². The summed E-state index contributed by atoms with van der Waals surface area (Å²) in [5.41, 5.74) is 0.844. The van der Waals surface area contributed by atoms with Crippen molar-refractivity contribution in [1.29, 1.82) is 0 Å². The molecule has 2 aliphatic rings. The lowest BCUT2D eigenvalue weighted by atomic mass is 9.87. The first kappa shape index (κ1) is 21.2. The van der Waals surface area contributed by atoms with Gasteiger partial charge in [0.25, 0.3) is 5.91 Å². The zero-order chi connectivity index (χ0) is 22.0. The van der Waals surface area contributed by atoms with Gasteiger partial charge < -0.3 is 19.3 Å². The van der Waals surface area contributed by atoms with Crippen molar-refractivity contribution < 1.29 is 23.5 Å². The summed E-state index contributed by atoms with van der Waals surface area (Å²) in [5, 5.41) is 0. The Kier molecular flexibility index (Phi) is 6.11. The van der Waals surface area contributed by atoms with Gasteiger partial charge in [0.15, 0.2) is 0 Å². The normalized spacial score (nSPS) is 20.7. The Morgan fingerprint density at radius 3 is 2.39 bits per heavy atom. The van der Waals surface area contributed by atoms with Crippen LogP contribution in [0.4, 0.5) is 4.39 Å². The standard InChI is InChI=1S/C24H27FN2O4/c1-30-16-9-10-22(31-2)18(13-16)19-14-27(23(28)17-7-3-4-8-21(17)25)15-20(19)24(29)26-11-5-6-12-26/h3-4,7-10,13,19-20H,5-6,11-12,14-15H2,1-2H3/t19-,20-/m1/s1. The molecule has 4 rings (SSSR count). The van der Waals surface area contributed by atoms with Gasteiger partial charge in [-0.15, -0.1) is 0 Å². The molecule has 2 aliphatic heterocycles. The average Bonchev–Trinajstić information content (AvgIpc) is 3.48. The summed E-state index contributed by atoms with van der Waals surface area (Å²) >= 11 is 0. The van der Waals surface area contributed by atoms with Crippen molar-refractivity contribution in [1.82, 2.24) is 9.80 Å². The molecule has 2 heterocycles. The molecule has 2 aromatic carbocycles. The molecule has 0 saturated carbocycles. The first-order valence-electron chi connectivity index (χ1n) is 10.6. The Bertz CT molecular complexity index is 974. The van der Waals surface area contributed by atoms with Crippen molar-refractivity contribution in [3.05, 3.63) is 59.4 Å². The van der Waals surface area contributed by atoms with Crippen LogP contribution in [0.2, 0.25) is 0 Å². The quantitative estimate of drug-likeness (QED) is 0.736. The van der Waals surface area contributed by atoms with Crippen LogP contribution in [0.15, 0.2) is 42.5 Å². The lowest BCUT2D eigenvalue weighted by molar-refractivity contribution is -0.134. The Balaban J connectivity index is 1.70. The summed E-state index contributed by atoms with van der Waals surface area (Å²) in [6, 6.07) is 11.4. The topological polar surface area (TPSA) is 59.1 Å². The van der Waals surface area contributed by atoms with Gasteiger partial charge in [-0.1, -0.05) is 12.1 Å². The molecule has 7 heteroatoms. The van der Waals surface area contributed by atoms with E-state index in [0.717, 1.165) is 31.5 Å². The molecule has 31 heavy (non-hydrogen) atoms. The van der Waals surface area contributed by atoms with Gasteiger partial charge in [-0.3, -0.25) is 9.59 Å². The number of hydrogen-bond donors (Lipinski definition) is 0. The van der Waals surface area contributed by atoms with E-state index in [1.165, 1.54) is 12.1 Å². The van der Waals surface area contributed by atoms with E-state index in [-0.39, 0.29) is 23.9 Å². The van der Waals surface area contributed by atoms with E-state index in [1.54, 1.807) is 37.3 Å². The zero-order valence-corrected chi connectivity index (χ0v) is 17.8. The lowest BCUT2D eigenvalue weighted by Crippen LogP contribution is -2.37. The fraction of sp³-hybridized carbons (Fsp3) is 0.417. The third-order valence-corrected chi connectivity index (χ3v) is 6.28. The molecule has 0 N–H and O–H groups in total. The highest BCUT2D eigenvalue weighted by molar-refractivity contribution is 5.95. The second-order valence-corrected chi connectivity index (χ2v) is 8.04. The van der Waals surface area contributed by atoms with Crippen molar-refractivity contribution in [2.75, 3.05) is 40.4 Å². The smallest absolute Gasteiger partial charge is 0.256 e. The van der Waals surface area contributed by atoms with E-state index < -0.39 is 17.6 Å². The number of benzene rings is 2. The number of halogens is 1. The zero-order valence-electron chi connectivity index (χ0n) is 17.8. The maximum absolute atomic E-state index is 14.3. The van der Waals surface area contributed by atoms with Gasteiger partial charge in [0, 0.05) is 37.7 Å². The molecule has 0 unspecified atom stereocenters. The maximum Gasteiger partial charge on any atom is 0.256 e. The van der Waals surface area contributed by atoms with Crippen molar-refractivity contribution in [2.24, 2.45) is 5.92 Å². The number of rotatable bonds is 5. The highest BCUT2D eigenvalue weighted by atomic mass is 19.1. The Morgan fingerprint density at radius 2 is 1.71 bits per heavy atom.